The van der Waals surface area contributed by atoms with Gasteiger partial charge in [-0.05, 0) is 48.1 Å². The number of hydrogen-bond donors (Lipinski definition) is 1. The predicted molar refractivity (Wildman–Crippen MR) is 107 cm³/mol. The van der Waals surface area contributed by atoms with E-state index in [-0.39, 0.29) is 12.5 Å². The van der Waals surface area contributed by atoms with Crippen LogP contribution >= 0.6 is 0 Å². The first-order chi connectivity index (χ1) is 14.8. The van der Waals surface area contributed by atoms with Crippen LogP contribution in [0, 0.1) is 0 Å². The number of rotatable bonds is 3. The molecule has 0 saturated carbocycles. The summed E-state index contributed by atoms with van der Waals surface area (Å²) in [4.78, 5) is 28.7. The minimum Gasteiger partial charge on any atom is -0.466 e. The van der Waals surface area contributed by atoms with E-state index in [0.717, 1.165) is 46.3 Å². The van der Waals surface area contributed by atoms with Gasteiger partial charge in [-0.3, -0.25) is 9.78 Å². The van der Waals surface area contributed by atoms with Gasteiger partial charge in [-0.1, -0.05) is 6.07 Å². The Balaban J connectivity index is 1.65. The first-order valence-corrected chi connectivity index (χ1v) is 9.84. The first-order valence-electron chi connectivity index (χ1n) is 9.84. The molecule has 0 spiro atoms. The number of aromatic nitrogens is 1. The number of halogens is 3. The van der Waals surface area contributed by atoms with E-state index in [1.807, 2.05) is 18.2 Å². The van der Waals surface area contributed by atoms with Crippen molar-refractivity contribution < 1.29 is 27.5 Å². The highest BCUT2D eigenvalue weighted by atomic mass is 19.4. The van der Waals surface area contributed by atoms with Crippen molar-refractivity contribution in [1.82, 2.24) is 10.3 Å². The Kier molecular flexibility index (Phi) is 5.45. The van der Waals surface area contributed by atoms with Gasteiger partial charge in [-0.2, -0.15) is 13.2 Å². The zero-order chi connectivity index (χ0) is 22.2. The lowest BCUT2D eigenvalue weighted by Crippen LogP contribution is -2.34. The zero-order valence-electron chi connectivity index (χ0n) is 16.8. The third-order valence-electron chi connectivity index (χ3n) is 5.59. The molecule has 1 amide bonds. The molecule has 1 N–H and O–H groups in total. The van der Waals surface area contributed by atoms with Crippen molar-refractivity contribution in [3.63, 3.8) is 0 Å². The van der Waals surface area contributed by atoms with Crippen LogP contribution in [-0.4, -0.2) is 30.1 Å². The fourth-order valence-corrected chi connectivity index (χ4v) is 4.19. The fraction of sp³-hybridized carbons (Fsp3) is 0.364. The maximum Gasteiger partial charge on any atom is 0.397 e. The summed E-state index contributed by atoms with van der Waals surface area (Å²) in [7, 11) is 1.72. The molecule has 1 aromatic heterocycles. The highest BCUT2D eigenvalue weighted by Gasteiger charge is 2.33. The highest BCUT2D eigenvalue weighted by Crippen LogP contribution is 2.38. The van der Waals surface area contributed by atoms with E-state index in [9.17, 15) is 22.8 Å². The smallest absolute Gasteiger partial charge is 0.397 e. The van der Waals surface area contributed by atoms with Crippen LogP contribution in [0.3, 0.4) is 0 Å². The Morgan fingerprint density at radius 2 is 2.16 bits per heavy atom. The summed E-state index contributed by atoms with van der Waals surface area (Å²) in [5.74, 6) is 0.855. The Morgan fingerprint density at radius 3 is 2.90 bits per heavy atom. The van der Waals surface area contributed by atoms with Gasteiger partial charge >= 0.3 is 6.18 Å². The summed E-state index contributed by atoms with van der Waals surface area (Å²) in [5, 5.41) is 2.51. The molecule has 1 aromatic carbocycles. The molecule has 0 fully saturated rings. The van der Waals surface area contributed by atoms with E-state index in [2.05, 4.69) is 10.3 Å². The number of carbonyl (C=O) groups is 1. The van der Waals surface area contributed by atoms with Crippen molar-refractivity contribution in [3.05, 3.63) is 53.2 Å². The minimum atomic E-state index is -4.54. The largest absolute Gasteiger partial charge is 0.466 e. The van der Waals surface area contributed by atoms with Gasteiger partial charge in [0.25, 0.3) is 5.88 Å². The molecular formula is C22H20F3N3O3. The van der Waals surface area contributed by atoms with Gasteiger partial charge in [-0.15, -0.1) is 0 Å². The maximum absolute atomic E-state index is 12.5. The number of benzene rings is 1. The topological polar surface area (TPSA) is 71.5 Å². The molecule has 0 saturated heterocycles. The zero-order valence-corrected chi connectivity index (χ0v) is 16.8. The summed E-state index contributed by atoms with van der Waals surface area (Å²) in [6.07, 6.45) is -0.654. The number of amides is 1. The molecule has 9 heteroatoms. The summed E-state index contributed by atoms with van der Waals surface area (Å²) < 4.78 is 43.1. The Morgan fingerprint density at radius 1 is 1.35 bits per heavy atom. The number of nitrogens with one attached hydrogen (secondary N) is 1. The number of ether oxygens (including phenoxy) is 1. The van der Waals surface area contributed by atoms with Gasteiger partial charge in [0, 0.05) is 30.6 Å². The highest BCUT2D eigenvalue weighted by molar-refractivity contribution is 5.78. The number of carbonyl (C=O) groups excluding carboxylic acids is 2. The van der Waals surface area contributed by atoms with Crippen molar-refractivity contribution in [3.8, 4) is 11.1 Å². The normalized spacial score (nSPS) is 17.9. The summed E-state index contributed by atoms with van der Waals surface area (Å²) >= 11 is 0. The van der Waals surface area contributed by atoms with E-state index in [1.165, 1.54) is 0 Å². The molecule has 0 bridgehead atoms. The molecule has 2 aliphatic rings. The second kappa shape index (κ2) is 8.07. The van der Waals surface area contributed by atoms with Gasteiger partial charge in [0.2, 0.25) is 5.91 Å². The summed E-state index contributed by atoms with van der Waals surface area (Å²) in [6.45, 7) is 0.233. The molecule has 0 unspecified atom stereocenters. The van der Waals surface area contributed by atoms with Gasteiger partial charge in [0.05, 0.1) is 11.7 Å². The van der Waals surface area contributed by atoms with Crippen LogP contribution in [-0.2, 0) is 27.4 Å². The predicted octanol–water partition coefficient (Wildman–Crippen LogP) is 3.83. The standard InChI is InChI=1S/C22H20F3N3O3/c1-28-19-6-5-13(7-14(19)12-31-21(28)11-29)16-9-26-10-17-15(16)3-2-4-18(17)27-20(30)8-22(23,24)25/h5-7,9-10,18H,2-4,8,12H2,1H3,(H,27,30)/t18-/m1/s1. The van der Waals surface area contributed by atoms with E-state index < -0.39 is 24.5 Å². The molecular weight excluding hydrogens is 411 g/mol. The summed E-state index contributed by atoms with van der Waals surface area (Å²) in [6, 6.07) is 5.25. The van der Waals surface area contributed by atoms with E-state index >= 15 is 0 Å². The van der Waals surface area contributed by atoms with Crippen molar-refractivity contribution >= 4 is 17.5 Å². The fourth-order valence-electron chi connectivity index (χ4n) is 4.19. The molecule has 31 heavy (non-hydrogen) atoms. The third kappa shape index (κ3) is 4.27. The van der Waals surface area contributed by atoms with E-state index in [4.69, 9.17) is 4.74 Å². The number of fused-ring (bicyclic) bond motifs is 2. The van der Waals surface area contributed by atoms with Crippen LogP contribution in [0.1, 0.15) is 42.0 Å². The molecule has 0 radical (unpaired) electrons. The average molecular weight is 431 g/mol. The van der Waals surface area contributed by atoms with Crippen LogP contribution in [0.15, 0.2) is 36.5 Å². The summed E-state index contributed by atoms with van der Waals surface area (Å²) in [5.41, 5.74) is 5.20. The number of anilines is 1. The Hall–Kier alpha value is -3.32. The lowest BCUT2D eigenvalue weighted by molar-refractivity contribution is -0.154. The van der Waals surface area contributed by atoms with Crippen molar-refractivity contribution in [2.24, 2.45) is 0 Å². The van der Waals surface area contributed by atoms with Crippen molar-refractivity contribution in [1.29, 1.82) is 0 Å². The average Bonchev–Trinajstić information content (AvgIpc) is 2.72. The van der Waals surface area contributed by atoms with Crippen LogP contribution in [0.25, 0.3) is 11.1 Å². The lowest BCUT2D eigenvalue weighted by Gasteiger charge is -2.29. The molecule has 2 heterocycles. The molecule has 1 atom stereocenters. The first kappa shape index (κ1) is 20.9. The minimum absolute atomic E-state index is 0.122. The SMILES string of the molecule is CN1C(=C=O)OCc2cc(-c3cncc4c3CCC[C@H]4NC(=O)CC(F)(F)F)ccc21. The second-order valence-electron chi connectivity index (χ2n) is 7.66. The molecule has 4 rings (SSSR count). The third-order valence-corrected chi connectivity index (χ3v) is 5.59. The van der Waals surface area contributed by atoms with Crippen LogP contribution in [0.4, 0.5) is 18.9 Å². The number of alkyl halides is 3. The van der Waals surface area contributed by atoms with Crippen LogP contribution < -0.4 is 10.2 Å². The number of nitrogens with zero attached hydrogens (tertiary/aromatic N) is 2. The number of pyridine rings is 1. The van der Waals surface area contributed by atoms with Gasteiger partial charge < -0.3 is 15.0 Å². The monoisotopic (exact) mass is 431 g/mol. The second-order valence-corrected chi connectivity index (χ2v) is 7.66. The van der Waals surface area contributed by atoms with Gasteiger partial charge in [-0.25, -0.2) is 4.79 Å². The lowest BCUT2D eigenvalue weighted by atomic mass is 9.84. The van der Waals surface area contributed by atoms with Crippen LogP contribution in [0.5, 0.6) is 0 Å². The molecule has 2 aromatic rings. The maximum atomic E-state index is 12.5. The van der Waals surface area contributed by atoms with Gasteiger partial charge in [0.15, 0.2) is 5.94 Å². The van der Waals surface area contributed by atoms with Crippen molar-refractivity contribution in [2.45, 2.75) is 44.5 Å². The number of hydrogen-bond acceptors (Lipinski definition) is 5. The Labute approximate surface area is 176 Å². The molecule has 6 nitrogen and oxygen atoms in total. The molecule has 162 valence electrons. The van der Waals surface area contributed by atoms with Crippen LogP contribution in [0.2, 0.25) is 0 Å². The quantitative estimate of drug-likeness (QED) is 0.748. The van der Waals surface area contributed by atoms with Gasteiger partial charge in [0.1, 0.15) is 13.0 Å². The van der Waals surface area contributed by atoms with Crippen molar-refractivity contribution in [2.75, 3.05) is 11.9 Å². The Bertz CT molecular complexity index is 1080. The van der Waals surface area contributed by atoms with E-state index in [0.29, 0.717) is 6.42 Å². The van der Waals surface area contributed by atoms with E-state index in [1.54, 1.807) is 30.3 Å². The molecule has 1 aliphatic heterocycles. The molecule has 1 aliphatic carbocycles.